The quantitative estimate of drug-likeness (QED) is 0.455. The number of nitrogens with zero attached hydrogens (tertiary/aromatic N) is 1. The molecule has 1 aromatic rings. The summed E-state index contributed by atoms with van der Waals surface area (Å²) in [4.78, 5) is 13.7. The van der Waals surface area contributed by atoms with Crippen LogP contribution in [0.5, 0.6) is 0 Å². The van der Waals surface area contributed by atoms with Gasteiger partial charge in [-0.1, -0.05) is 48.0 Å². The third-order valence-corrected chi connectivity index (χ3v) is 2.79. The van der Waals surface area contributed by atoms with E-state index in [1.165, 1.54) is 0 Å². The van der Waals surface area contributed by atoms with Crippen molar-refractivity contribution in [1.82, 2.24) is 4.90 Å². The number of rotatable bonds is 3. The first kappa shape index (κ1) is 11.0. The first-order chi connectivity index (χ1) is 7.77. The molecule has 3 heteroatoms. The molecule has 0 saturated carbocycles. The number of ketones is 1. The molecule has 0 aliphatic carbocycles. The van der Waals surface area contributed by atoms with Crippen LogP contribution in [0.4, 0.5) is 0 Å². The van der Waals surface area contributed by atoms with Gasteiger partial charge in [-0.3, -0.25) is 4.79 Å². The molecule has 0 aromatic heterocycles. The topological polar surface area (TPSA) is 20.3 Å². The zero-order chi connectivity index (χ0) is 11.4. The minimum atomic E-state index is -0.238. The van der Waals surface area contributed by atoms with Crippen molar-refractivity contribution in [2.45, 2.75) is 5.50 Å². The lowest BCUT2D eigenvalue weighted by molar-refractivity contribution is 0.0955. The monoisotopic (exact) mass is 233 g/mol. The summed E-state index contributed by atoms with van der Waals surface area (Å²) in [6, 6.07) is 9.24. The summed E-state index contributed by atoms with van der Waals surface area (Å²) in [5, 5.41) is 0. The van der Waals surface area contributed by atoms with Crippen molar-refractivity contribution < 1.29 is 4.79 Å². The van der Waals surface area contributed by atoms with E-state index in [9.17, 15) is 4.79 Å². The molecule has 0 radical (unpaired) electrons. The van der Waals surface area contributed by atoms with Crippen LogP contribution in [-0.2, 0) is 0 Å². The highest BCUT2D eigenvalue weighted by Crippen LogP contribution is 2.13. The van der Waals surface area contributed by atoms with E-state index < -0.39 is 0 Å². The Labute approximate surface area is 99.8 Å². The molecule has 2 nitrogen and oxygen atoms in total. The van der Waals surface area contributed by atoms with Crippen LogP contribution < -0.4 is 0 Å². The van der Waals surface area contributed by atoms with Gasteiger partial charge in [0.1, 0.15) is 5.50 Å². The highest BCUT2D eigenvalue weighted by Gasteiger charge is 2.15. The molecular formula is C13H12ClNO. The first-order valence-electron chi connectivity index (χ1n) is 5.10. The molecule has 1 aliphatic heterocycles. The van der Waals surface area contributed by atoms with Gasteiger partial charge in [0.05, 0.1) is 6.54 Å². The van der Waals surface area contributed by atoms with Gasteiger partial charge in [0.15, 0.2) is 5.78 Å². The molecule has 1 atom stereocenters. The van der Waals surface area contributed by atoms with Crippen LogP contribution in [0.3, 0.4) is 0 Å². The van der Waals surface area contributed by atoms with Gasteiger partial charge in [0.25, 0.3) is 0 Å². The van der Waals surface area contributed by atoms with Gasteiger partial charge >= 0.3 is 0 Å². The van der Waals surface area contributed by atoms with Crippen LogP contribution in [0.25, 0.3) is 0 Å². The Bertz CT molecular complexity index is 425. The van der Waals surface area contributed by atoms with E-state index >= 15 is 0 Å². The third kappa shape index (κ3) is 2.52. The Balaban J connectivity index is 2.03. The maximum absolute atomic E-state index is 11.9. The van der Waals surface area contributed by atoms with Crippen molar-refractivity contribution in [3.05, 3.63) is 60.3 Å². The van der Waals surface area contributed by atoms with E-state index in [0.717, 1.165) is 0 Å². The fourth-order valence-corrected chi connectivity index (χ4v) is 1.75. The van der Waals surface area contributed by atoms with Crippen molar-refractivity contribution in [2.75, 3.05) is 6.54 Å². The molecule has 16 heavy (non-hydrogen) atoms. The van der Waals surface area contributed by atoms with Crippen LogP contribution in [0, 0.1) is 0 Å². The Kier molecular flexibility index (Phi) is 3.42. The van der Waals surface area contributed by atoms with Crippen molar-refractivity contribution in [2.24, 2.45) is 0 Å². The predicted octanol–water partition coefficient (Wildman–Crippen LogP) is 2.82. The van der Waals surface area contributed by atoms with Gasteiger partial charge in [0.2, 0.25) is 0 Å². The molecule has 1 aliphatic rings. The van der Waals surface area contributed by atoms with E-state index in [4.69, 9.17) is 11.6 Å². The molecule has 1 unspecified atom stereocenters. The zero-order valence-electron chi connectivity index (χ0n) is 8.71. The van der Waals surface area contributed by atoms with E-state index in [1.807, 2.05) is 54.8 Å². The van der Waals surface area contributed by atoms with E-state index in [2.05, 4.69) is 0 Å². The van der Waals surface area contributed by atoms with Crippen LogP contribution in [0.15, 0.2) is 54.8 Å². The number of halogens is 1. The van der Waals surface area contributed by atoms with Crippen LogP contribution in [0.1, 0.15) is 10.4 Å². The second-order valence-electron chi connectivity index (χ2n) is 3.56. The molecule has 0 N–H and O–H groups in total. The summed E-state index contributed by atoms with van der Waals surface area (Å²) in [6.07, 6.45) is 7.43. The van der Waals surface area contributed by atoms with E-state index in [-0.39, 0.29) is 11.3 Å². The lowest BCUT2D eigenvalue weighted by Crippen LogP contribution is -2.31. The van der Waals surface area contributed by atoms with Gasteiger partial charge in [-0.2, -0.15) is 0 Å². The third-order valence-electron chi connectivity index (χ3n) is 2.40. The number of carbonyl (C=O) groups excluding carboxylic acids is 1. The molecule has 0 spiro atoms. The van der Waals surface area contributed by atoms with Gasteiger partial charge < -0.3 is 4.90 Å². The number of benzene rings is 1. The number of alkyl halides is 1. The zero-order valence-corrected chi connectivity index (χ0v) is 9.47. The normalized spacial score (nSPS) is 18.8. The van der Waals surface area contributed by atoms with Gasteiger partial charge in [-0.15, -0.1) is 0 Å². The number of carbonyl (C=O) groups is 1. The second kappa shape index (κ2) is 4.99. The fraction of sp³-hybridized carbons (Fsp3) is 0.154. The summed E-state index contributed by atoms with van der Waals surface area (Å²) >= 11 is 6.05. The minimum absolute atomic E-state index is 0.0752. The van der Waals surface area contributed by atoms with E-state index in [0.29, 0.717) is 12.1 Å². The lowest BCUT2D eigenvalue weighted by Gasteiger charge is -2.24. The van der Waals surface area contributed by atoms with Crippen molar-refractivity contribution in [1.29, 1.82) is 0 Å². The van der Waals surface area contributed by atoms with Gasteiger partial charge in [-0.05, 0) is 12.2 Å². The first-order valence-corrected chi connectivity index (χ1v) is 5.54. The Morgan fingerprint density at radius 2 is 2.00 bits per heavy atom. The van der Waals surface area contributed by atoms with Crippen molar-refractivity contribution in [3.63, 3.8) is 0 Å². The van der Waals surface area contributed by atoms with E-state index in [1.54, 1.807) is 4.90 Å². The molecule has 0 fully saturated rings. The highest BCUT2D eigenvalue weighted by atomic mass is 35.5. The van der Waals surface area contributed by atoms with Crippen LogP contribution in [-0.4, -0.2) is 22.7 Å². The molecule has 0 saturated heterocycles. The maximum atomic E-state index is 11.9. The average molecular weight is 234 g/mol. The molecule has 1 heterocycles. The van der Waals surface area contributed by atoms with Crippen LogP contribution >= 0.6 is 11.6 Å². The van der Waals surface area contributed by atoms with Crippen LogP contribution in [0.2, 0.25) is 0 Å². The smallest absolute Gasteiger partial charge is 0.182 e. The number of hydrogen-bond donors (Lipinski definition) is 0. The highest BCUT2D eigenvalue weighted by molar-refractivity contribution is 6.21. The van der Waals surface area contributed by atoms with Gasteiger partial charge in [0, 0.05) is 11.8 Å². The number of allylic oxidation sites excluding steroid dienone is 2. The number of Topliss-reactive ketones (excluding diaryl/α,β-unsaturated/α-hetero) is 1. The number of hydrogen-bond acceptors (Lipinski definition) is 2. The SMILES string of the molecule is O=C(CN1C=CC=CC1Cl)c1ccccc1. The summed E-state index contributed by atoms with van der Waals surface area (Å²) in [6.45, 7) is 0.305. The van der Waals surface area contributed by atoms with Crippen molar-refractivity contribution >= 4 is 17.4 Å². The molecule has 0 bridgehead atoms. The Morgan fingerprint density at radius 1 is 1.25 bits per heavy atom. The lowest BCUT2D eigenvalue weighted by atomic mass is 10.1. The van der Waals surface area contributed by atoms with Gasteiger partial charge in [-0.25, -0.2) is 0 Å². The second-order valence-corrected chi connectivity index (χ2v) is 4.01. The summed E-state index contributed by atoms with van der Waals surface area (Å²) in [5.41, 5.74) is 0.479. The minimum Gasteiger partial charge on any atom is -0.350 e. The summed E-state index contributed by atoms with van der Waals surface area (Å²) < 4.78 is 0. The Hall–Kier alpha value is -1.54. The summed E-state index contributed by atoms with van der Waals surface area (Å²) in [5.74, 6) is 0.0752. The molecule has 1 aromatic carbocycles. The predicted molar refractivity (Wildman–Crippen MR) is 65.4 cm³/mol. The largest absolute Gasteiger partial charge is 0.350 e. The Morgan fingerprint density at radius 3 is 2.69 bits per heavy atom. The molecular weight excluding hydrogens is 222 g/mol. The molecule has 0 amide bonds. The molecule has 2 rings (SSSR count). The fourth-order valence-electron chi connectivity index (χ4n) is 1.53. The average Bonchev–Trinajstić information content (AvgIpc) is 2.33. The standard InChI is InChI=1S/C13H12ClNO/c14-13-8-4-5-9-15(13)10-12(16)11-6-2-1-3-7-11/h1-9,13H,10H2. The maximum Gasteiger partial charge on any atom is 0.182 e. The summed E-state index contributed by atoms with van der Waals surface area (Å²) in [7, 11) is 0. The van der Waals surface area contributed by atoms with Crippen molar-refractivity contribution in [3.8, 4) is 0 Å². The molecule has 82 valence electrons.